The third-order valence-electron chi connectivity index (χ3n) is 11.9. The van der Waals surface area contributed by atoms with Crippen LogP contribution in [-0.2, 0) is 5.41 Å². The largest absolute Gasteiger partial charge is 0.255 e. The van der Waals surface area contributed by atoms with Crippen molar-refractivity contribution in [2.75, 3.05) is 0 Å². The summed E-state index contributed by atoms with van der Waals surface area (Å²) >= 11 is 1.82. The van der Waals surface area contributed by atoms with E-state index in [9.17, 15) is 0 Å². The normalized spacial score (nSPS) is 12.9. The summed E-state index contributed by atoms with van der Waals surface area (Å²) in [6.45, 7) is 0. The third kappa shape index (κ3) is 5.89. The molecule has 0 saturated heterocycles. The molecule has 12 rings (SSSR count). The van der Waals surface area contributed by atoms with E-state index >= 15 is 0 Å². The van der Waals surface area contributed by atoms with Crippen LogP contribution in [0.5, 0.6) is 0 Å². The van der Waals surface area contributed by atoms with Gasteiger partial charge in [-0.05, 0) is 105 Å². The third-order valence-corrected chi connectivity index (χ3v) is 13.1. The van der Waals surface area contributed by atoms with E-state index in [2.05, 4.69) is 121 Å². The van der Waals surface area contributed by atoms with E-state index in [1.165, 1.54) is 43.2 Å². The topological polar surface area (TPSA) is 77.3 Å². The highest BCUT2D eigenvalue weighted by Gasteiger charge is 2.50. The second kappa shape index (κ2) is 14.7. The van der Waals surface area contributed by atoms with Gasteiger partial charge < -0.3 is 0 Å². The van der Waals surface area contributed by atoms with Crippen molar-refractivity contribution >= 4 is 11.8 Å². The van der Waals surface area contributed by atoms with Crippen molar-refractivity contribution in [3.63, 3.8) is 0 Å². The molecule has 0 unspecified atom stereocenters. The Hall–Kier alpha value is -7.87. The molecule has 2 aliphatic rings. The van der Waals surface area contributed by atoms with E-state index in [1.807, 2.05) is 97.0 Å². The van der Waals surface area contributed by atoms with E-state index in [-0.39, 0.29) is 0 Å². The Morgan fingerprint density at radius 3 is 1.27 bits per heavy atom. The summed E-state index contributed by atoms with van der Waals surface area (Å²) in [7, 11) is 0. The van der Waals surface area contributed by atoms with Gasteiger partial charge in [-0.15, -0.1) is 0 Å². The molecule has 6 aromatic carbocycles. The lowest BCUT2D eigenvalue weighted by Crippen LogP contribution is -2.32. The minimum Gasteiger partial charge on any atom is -0.255 e. The molecule has 4 aromatic heterocycles. The Morgan fingerprint density at radius 1 is 0.306 bits per heavy atom. The first kappa shape index (κ1) is 36.0. The first-order valence-corrected chi connectivity index (χ1v) is 21.4. The molecule has 0 N–H and O–H groups in total. The fourth-order valence-corrected chi connectivity index (χ4v) is 10.3. The molecule has 290 valence electrons. The molecule has 0 amide bonds. The Balaban J connectivity index is 1.10. The molecule has 1 aliphatic carbocycles. The number of fused-ring (bicyclic) bond motifs is 9. The molecular formula is C55H34N6S. The van der Waals surface area contributed by atoms with Crippen LogP contribution in [0.4, 0.5) is 0 Å². The molecule has 6 nitrogen and oxygen atoms in total. The first-order chi connectivity index (χ1) is 30.7. The lowest BCUT2D eigenvalue weighted by Gasteiger charge is -2.40. The average molecular weight is 811 g/mol. The number of pyridine rings is 3. The van der Waals surface area contributed by atoms with Crippen LogP contribution in [0.1, 0.15) is 22.3 Å². The quantitative estimate of drug-likeness (QED) is 0.165. The lowest BCUT2D eigenvalue weighted by molar-refractivity contribution is 0.723. The highest BCUT2D eigenvalue weighted by atomic mass is 32.2. The van der Waals surface area contributed by atoms with E-state index < -0.39 is 5.41 Å². The van der Waals surface area contributed by atoms with Gasteiger partial charge in [0.15, 0.2) is 17.5 Å². The second-order valence-corrected chi connectivity index (χ2v) is 16.5. The van der Waals surface area contributed by atoms with Crippen LogP contribution in [0.15, 0.2) is 216 Å². The highest BCUT2D eigenvalue weighted by molar-refractivity contribution is 7.99. The Kier molecular flexibility index (Phi) is 8.54. The maximum Gasteiger partial charge on any atom is 0.164 e. The lowest BCUT2D eigenvalue weighted by atomic mass is 9.66. The summed E-state index contributed by atoms with van der Waals surface area (Å²) in [6, 6.07) is 68.0. The summed E-state index contributed by atoms with van der Waals surface area (Å²) in [5, 5.41) is 0. The Labute approximate surface area is 363 Å². The number of hydrogen-bond donors (Lipinski definition) is 0. The van der Waals surface area contributed by atoms with Crippen LogP contribution in [0, 0.1) is 0 Å². The van der Waals surface area contributed by atoms with Gasteiger partial charge in [-0.2, -0.15) is 0 Å². The first-order valence-electron chi connectivity index (χ1n) is 20.6. The second-order valence-electron chi connectivity index (χ2n) is 15.5. The zero-order chi connectivity index (χ0) is 41.0. The molecule has 10 aromatic rings. The van der Waals surface area contributed by atoms with Crippen LogP contribution in [-0.4, -0.2) is 29.9 Å². The molecule has 0 atom stereocenters. The molecule has 0 radical (unpaired) electrons. The SMILES string of the molecule is c1ccc(-c2nc(-c3ccccc3)nc(-c3ccc4c(c3)C3(c5cc(-c6cc(-c7ccccn7)nc(-c7ccccn7)c6)ccc5S4)c4ccccc4-c4ccccc43)n2)cc1. The van der Waals surface area contributed by atoms with Crippen molar-refractivity contribution in [1.29, 1.82) is 0 Å². The van der Waals surface area contributed by atoms with Crippen molar-refractivity contribution in [2.24, 2.45) is 0 Å². The minimum atomic E-state index is -0.646. The van der Waals surface area contributed by atoms with E-state index in [4.69, 9.17) is 29.9 Å². The van der Waals surface area contributed by atoms with Crippen molar-refractivity contribution in [3.8, 4) is 79.2 Å². The van der Waals surface area contributed by atoms with Crippen LogP contribution in [0.25, 0.3) is 79.2 Å². The molecule has 1 aliphatic heterocycles. The standard InChI is InChI=1S/C55H34N6S/c1-3-15-35(16-4-1)52-59-53(36-17-5-2-6-18-36)61-54(60-52)38-26-28-51-45(32-38)55(42-21-9-7-19-40(42)41-20-8-10-22-43(41)55)44-31-37(25-27-50(44)62-51)39-33-48(46-23-11-13-29-56-46)58-49(34-39)47-24-12-14-30-57-47/h1-34H. The van der Waals surface area contributed by atoms with Crippen LogP contribution in [0.3, 0.4) is 0 Å². The summed E-state index contributed by atoms with van der Waals surface area (Å²) in [4.78, 5) is 32.2. The van der Waals surface area contributed by atoms with Gasteiger partial charge in [0.2, 0.25) is 0 Å². The maximum absolute atomic E-state index is 5.17. The van der Waals surface area contributed by atoms with Gasteiger partial charge in [0.05, 0.1) is 28.2 Å². The molecular weight excluding hydrogens is 777 g/mol. The Morgan fingerprint density at radius 2 is 0.758 bits per heavy atom. The number of aromatic nitrogens is 6. The van der Waals surface area contributed by atoms with Gasteiger partial charge in [-0.3, -0.25) is 9.97 Å². The zero-order valence-corrected chi connectivity index (χ0v) is 34.0. The number of hydrogen-bond acceptors (Lipinski definition) is 7. The van der Waals surface area contributed by atoms with Gasteiger partial charge in [-0.25, -0.2) is 19.9 Å². The molecule has 1 spiro atoms. The van der Waals surface area contributed by atoms with E-state index in [0.29, 0.717) is 17.5 Å². The predicted octanol–water partition coefficient (Wildman–Crippen LogP) is 12.9. The van der Waals surface area contributed by atoms with Crippen LogP contribution < -0.4 is 0 Å². The van der Waals surface area contributed by atoms with Crippen molar-refractivity contribution in [1.82, 2.24) is 29.9 Å². The predicted molar refractivity (Wildman–Crippen MR) is 247 cm³/mol. The van der Waals surface area contributed by atoms with Gasteiger partial charge in [0, 0.05) is 38.9 Å². The number of benzene rings is 6. The maximum atomic E-state index is 5.17. The molecule has 0 saturated carbocycles. The fourth-order valence-electron chi connectivity index (χ4n) is 9.15. The van der Waals surface area contributed by atoms with Gasteiger partial charge >= 0.3 is 0 Å². The molecule has 62 heavy (non-hydrogen) atoms. The molecule has 7 heteroatoms. The number of nitrogens with zero attached hydrogens (tertiary/aromatic N) is 6. The van der Waals surface area contributed by atoms with E-state index in [0.717, 1.165) is 50.6 Å². The molecule has 0 fully saturated rings. The monoisotopic (exact) mass is 810 g/mol. The Bertz CT molecular complexity index is 2980. The van der Waals surface area contributed by atoms with Gasteiger partial charge in [0.1, 0.15) is 0 Å². The van der Waals surface area contributed by atoms with Gasteiger partial charge in [-0.1, -0.05) is 145 Å². The smallest absolute Gasteiger partial charge is 0.164 e. The summed E-state index contributed by atoms with van der Waals surface area (Å²) in [6.07, 6.45) is 3.62. The van der Waals surface area contributed by atoms with Crippen LogP contribution >= 0.6 is 11.8 Å². The van der Waals surface area contributed by atoms with Gasteiger partial charge in [0.25, 0.3) is 0 Å². The van der Waals surface area contributed by atoms with Crippen molar-refractivity contribution < 1.29 is 0 Å². The number of rotatable bonds is 6. The van der Waals surface area contributed by atoms with E-state index in [1.54, 1.807) is 0 Å². The van der Waals surface area contributed by atoms with Crippen molar-refractivity contribution in [3.05, 3.63) is 229 Å². The zero-order valence-electron chi connectivity index (χ0n) is 33.2. The fraction of sp³-hybridized carbons (Fsp3) is 0.0182. The highest BCUT2D eigenvalue weighted by Crippen LogP contribution is 2.62. The van der Waals surface area contributed by atoms with Crippen LogP contribution in [0.2, 0.25) is 0 Å². The molecule has 0 bridgehead atoms. The summed E-state index contributed by atoms with van der Waals surface area (Å²) in [5.41, 5.74) is 14.9. The minimum absolute atomic E-state index is 0.626. The summed E-state index contributed by atoms with van der Waals surface area (Å²) in [5.74, 6) is 1.89. The van der Waals surface area contributed by atoms with Crippen molar-refractivity contribution in [2.45, 2.75) is 15.2 Å². The average Bonchev–Trinajstić information content (AvgIpc) is 3.65. The summed E-state index contributed by atoms with van der Waals surface area (Å²) < 4.78 is 0. The molecule has 5 heterocycles.